The Kier molecular flexibility index (Phi) is 8.38. The van der Waals surface area contributed by atoms with Crippen LogP contribution in [-0.2, 0) is 9.59 Å². The number of amides is 2. The first-order valence-electron chi connectivity index (χ1n) is 8.34. The van der Waals surface area contributed by atoms with E-state index in [2.05, 4.69) is 24.5 Å². The minimum atomic E-state index is -0.448. The van der Waals surface area contributed by atoms with Gasteiger partial charge in [-0.3, -0.25) is 9.59 Å². The van der Waals surface area contributed by atoms with Crippen LogP contribution in [-0.4, -0.2) is 34.9 Å². The van der Waals surface area contributed by atoms with Gasteiger partial charge in [-0.2, -0.15) is 0 Å². The molecule has 0 fully saturated rings. The summed E-state index contributed by atoms with van der Waals surface area (Å²) in [7, 11) is 0. The minimum absolute atomic E-state index is 0.131. The highest BCUT2D eigenvalue weighted by atomic mass is 32.2. The summed E-state index contributed by atoms with van der Waals surface area (Å²) in [5, 5.41) is 5.29. The Bertz CT molecular complexity index is 580. The number of hydrogen-bond donors (Lipinski definition) is 3. The Morgan fingerprint density at radius 2 is 1.84 bits per heavy atom. The van der Waals surface area contributed by atoms with Crippen molar-refractivity contribution in [1.29, 1.82) is 0 Å². The molecule has 0 aliphatic carbocycles. The van der Waals surface area contributed by atoms with E-state index in [1.54, 1.807) is 6.92 Å². The average molecular weight is 370 g/mol. The first kappa shape index (κ1) is 21.4. The van der Waals surface area contributed by atoms with E-state index in [9.17, 15) is 14.0 Å². The zero-order valence-corrected chi connectivity index (χ0v) is 16.1. The lowest BCUT2D eigenvalue weighted by molar-refractivity contribution is -0.122. The van der Waals surface area contributed by atoms with Crippen molar-refractivity contribution in [2.45, 2.75) is 44.9 Å². The molecule has 2 atom stereocenters. The van der Waals surface area contributed by atoms with Crippen LogP contribution in [0, 0.1) is 11.7 Å². The first-order chi connectivity index (χ1) is 11.6. The summed E-state index contributed by atoms with van der Waals surface area (Å²) in [5.41, 5.74) is 5.89. The van der Waals surface area contributed by atoms with Gasteiger partial charge in [0.05, 0.1) is 11.0 Å². The summed E-state index contributed by atoms with van der Waals surface area (Å²) in [6.45, 7) is 8.22. The Balaban J connectivity index is 2.46. The Morgan fingerprint density at radius 3 is 2.36 bits per heavy atom. The van der Waals surface area contributed by atoms with Crippen molar-refractivity contribution >= 4 is 29.3 Å². The third-order valence-electron chi connectivity index (χ3n) is 3.70. The molecule has 0 spiro atoms. The Hall–Kier alpha value is -1.60. The maximum absolute atomic E-state index is 12.8. The summed E-state index contributed by atoms with van der Waals surface area (Å²) in [6.07, 6.45) is 0.789. The van der Waals surface area contributed by atoms with Crippen LogP contribution in [0.1, 0.15) is 34.1 Å². The fourth-order valence-corrected chi connectivity index (χ4v) is 3.18. The highest BCUT2D eigenvalue weighted by Gasteiger charge is 2.28. The number of thioether (sulfide) groups is 1. The Labute approximate surface area is 153 Å². The SMILES string of the molecule is CC(C)CC(C)(CN)NC(=O)C(C)SCC(=O)Nc1ccc(F)cc1. The summed E-state index contributed by atoms with van der Waals surface area (Å²) < 4.78 is 12.8. The van der Waals surface area contributed by atoms with E-state index < -0.39 is 5.54 Å². The molecule has 2 amide bonds. The quantitative estimate of drug-likeness (QED) is 0.625. The van der Waals surface area contributed by atoms with Gasteiger partial charge >= 0.3 is 0 Å². The van der Waals surface area contributed by atoms with Crippen LogP contribution in [0.5, 0.6) is 0 Å². The molecule has 1 rings (SSSR count). The first-order valence-corrected chi connectivity index (χ1v) is 9.39. The van der Waals surface area contributed by atoms with Gasteiger partial charge in [0.2, 0.25) is 11.8 Å². The molecule has 0 saturated heterocycles. The second kappa shape index (κ2) is 9.77. The van der Waals surface area contributed by atoms with Crippen LogP contribution in [0.4, 0.5) is 10.1 Å². The number of anilines is 1. The van der Waals surface area contributed by atoms with Gasteiger partial charge in [0.1, 0.15) is 5.82 Å². The summed E-state index contributed by atoms with van der Waals surface area (Å²) in [6, 6.07) is 5.54. The van der Waals surface area contributed by atoms with Crippen LogP contribution >= 0.6 is 11.8 Å². The molecule has 1 aromatic carbocycles. The molecule has 0 aliphatic heterocycles. The van der Waals surface area contributed by atoms with E-state index in [0.717, 1.165) is 6.42 Å². The molecule has 7 heteroatoms. The maximum atomic E-state index is 12.8. The fraction of sp³-hybridized carbons (Fsp3) is 0.556. The lowest BCUT2D eigenvalue weighted by Crippen LogP contribution is -2.54. The van der Waals surface area contributed by atoms with E-state index in [4.69, 9.17) is 5.73 Å². The average Bonchev–Trinajstić information content (AvgIpc) is 2.53. The largest absolute Gasteiger partial charge is 0.349 e. The fourth-order valence-electron chi connectivity index (χ4n) is 2.49. The van der Waals surface area contributed by atoms with E-state index in [1.807, 2.05) is 6.92 Å². The summed E-state index contributed by atoms with van der Waals surface area (Å²) >= 11 is 1.25. The van der Waals surface area contributed by atoms with Crippen molar-refractivity contribution in [3.05, 3.63) is 30.1 Å². The predicted octanol–water partition coefficient (Wildman–Crippen LogP) is 2.77. The molecule has 5 nitrogen and oxygen atoms in total. The molecule has 0 heterocycles. The van der Waals surface area contributed by atoms with Gasteiger partial charge in [0.15, 0.2) is 0 Å². The molecule has 0 aromatic heterocycles. The van der Waals surface area contributed by atoms with Crippen molar-refractivity contribution < 1.29 is 14.0 Å². The van der Waals surface area contributed by atoms with Gasteiger partial charge in [-0.1, -0.05) is 13.8 Å². The lowest BCUT2D eigenvalue weighted by atomic mass is 9.90. The van der Waals surface area contributed by atoms with E-state index in [-0.39, 0.29) is 28.6 Å². The van der Waals surface area contributed by atoms with Crippen LogP contribution in [0.15, 0.2) is 24.3 Å². The van der Waals surface area contributed by atoms with Gasteiger partial charge in [0, 0.05) is 17.8 Å². The van der Waals surface area contributed by atoms with Crippen molar-refractivity contribution in [3.8, 4) is 0 Å². The molecule has 0 aliphatic rings. The zero-order chi connectivity index (χ0) is 19.0. The summed E-state index contributed by atoms with van der Waals surface area (Å²) in [5.74, 6) is -0.177. The van der Waals surface area contributed by atoms with Gasteiger partial charge in [-0.15, -0.1) is 11.8 Å². The van der Waals surface area contributed by atoms with Crippen molar-refractivity contribution in [1.82, 2.24) is 5.32 Å². The monoisotopic (exact) mass is 369 g/mol. The number of nitrogens with one attached hydrogen (secondary N) is 2. The van der Waals surface area contributed by atoms with Crippen LogP contribution in [0.3, 0.4) is 0 Å². The maximum Gasteiger partial charge on any atom is 0.234 e. The number of nitrogens with two attached hydrogens (primary N) is 1. The second-order valence-corrected chi connectivity index (χ2v) is 8.19. The number of benzene rings is 1. The highest BCUT2D eigenvalue weighted by molar-refractivity contribution is 8.01. The standard InChI is InChI=1S/C18H28FN3O2S/c1-12(2)9-18(4,11-20)22-17(24)13(3)25-10-16(23)21-15-7-5-14(19)6-8-15/h5-8,12-13H,9-11,20H2,1-4H3,(H,21,23)(H,22,24). The normalized spacial score (nSPS) is 14.7. The van der Waals surface area contributed by atoms with Crippen molar-refractivity contribution in [2.24, 2.45) is 11.7 Å². The van der Waals surface area contributed by atoms with Crippen LogP contribution in [0.2, 0.25) is 0 Å². The van der Waals surface area contributed by atoms with Crippen LogP contribution in [0.25, 0.3) is 0 Å². The van der Waals surface area contributed by atoms with Gasteiger partial charge in [-0.05, 0) is 50.5 Å². The van der Waals surface area contributed by atoms with Gasteiger partial charge in [0.25, 0.3) is 0 Å². The Morgan fingerprint density at radius 1 is 1.24 bits per heavy atom. The molecule has 0 radical (unpaired) electrons. The molecular formula is C18H28FN3O2S. The van der Waals surface area contributed by atoms with Crippen molar-refractivity contribution in [3.63, 3.8) is 0 Å². The molecular weight excluding hydrogens is 341 g/mol. The topological polar surface area (TPSA) is 84.2 Å². The lowest BCUT2D eigenvalue weighted by Gasteiger charge is -2.32. The molecule has 2 unspecified atom stereocenters. The number of hydrogen-bond acceptors (Lipinski definition) is 4. The minimum Gasteiger partial charge on any atom is -0.349 e. The molecule has 25 heavy (non-hydrogen) atoms. The highest BCUT2D eigenvalue weighted by Crippen LogP contribution is 2.18. The van der Waals surface area contributed by atoms with E-state index in [0.29, 0.717) is 18.2 Å². The number of carbonyl (C=O) groups is 2. The summed E-state index contributed by atoms with van der Waals surface area (Å²) in [4.78, 5) is 24.3. The number of rotatable bonds is 9. The van der Waals surface area contributed by atoms with Crippen LogP contribution < -0.4 is 16.4 Å². The molecule has 0 saturated carbocycles. The van der Waals surface area contributed by atoms with E-state index >= 15 is 0 Å². The smallest absolute Gasteiger partial charge is 0.234 e. The third-order valence-corrected chi connectivity index (χ3v) is 4.84. The molecule has 140 valence electrons. The third kappa shape index (κ3) is 7.88. The zero-order valence-electron chi connectivity index (χ0n) is 15.3. The number of carbonyl (C=O) groups excluding carboxylic acids is 2. The van der Waals surface area contributed by atoms with E-state index in [1.165, 1.54) is 36.0 Å². The number of halogens is 1. The molecule has 1 aromatic rings. The molecule has 4 N–H and O–H groups in total. The van der Waals surface area contributed by atoms with Gasteiger partial charge < -0.3 is 16.4 Å². The second-order valence-electron chi connectivity index (χ2n) is 6.86. The predicted molar refractivity (Wildman–Crippen MR) is 102 cm³/mol. The van der Waals surface area contributed by atoms with Crippen molar-refractivity contribution in [2.75, 3.05) is 17.6 Å². The molecule has 0 bridgehead atoms. The van der Waals surface area contributed by atoms with Gasteiger partial charge in [-0.25, -0.2) is 4.39 Å².